The zero-order valence-electron chi connectivity index (χ0n) is 14.6. The van der Waals surface area contributed by atoms with Crippen LogP contribution in [0.3, 0.4) is 0 Å². The zero-order chi connectivity index (χ0) is 19.3. The molecule has 2 atom stereocenters. The van der Waals surface area contributed by atoms with Crippen LogP contribution < -0.4 is 25.3 Å². The summed E-state index contributed by atoms with van der Waals surface area (Å²) in [7, 11) is 2.78. The van der Waals surface area contributed by atoms with Crippen LogP contribution >= 0.6 is 0 Å². The summed E-state index contributed by atoms with van der Waals surface area (Å²) in [6.45, 7) is -0.364. The van der Waals surface area contributed by atoms with Gasteiger partial charge in [-0.1, -0.05) is 0 Å². The minimum absolute atomic E-state index is 0.164. The fourth-order valence-corrected chi connectivity index (χ4v) is 2.90. The largest absolute Gasteiger partial charge is 0.493 e. The second-order valence-corrected chi connectivity index (χ2v) is 5.98. The normalized spacial score (nSPS) is 18.8. The van der Waals surface area contributed by atoms with Crippen molar-refractivity contribution in [2.75, 3.05) is 20.8 Å². The number of benzene rings is 1. The molecule has 1 aliphatic rings. The van der Waals surface area contributed by atoms with Crippen molar-refractivity contribution < 1.29 is 33.7 Å². The third kappa shape index (κ3) is 4.56. The summed E-state index contributed by atoms with van der Waals surface area (Å²) in [4.78, 5) is 34.5. The summed E-state index contributed by atoms with van der Waals surface area (Å²) in [5, 5.41) is 11.9. The van der Waals surface area contributed by atoms with Gasteiger partial charge >= 0.3 is 5.97 Å². The van der Waals surface area contributed by atoms with Gasteiger partial charge in [-0.2, -0.15) is 0 Å². The molecule has 1 aromatic carbocycles. The van der Waals surface area contributed by atoms with Crippen molar-refractivity contribution in [2.24, 2.45) is 11.7 Å². The van der Waals surface area contributed by atoms with Gasteiger partial charge in [0.05, 0.1) is 20.1 Å². The summed E-state index contributed by atoms with van der Waals surface area (Å²) in [5.41, 5.74) is 5.34. The Morgan fingerprint density at radius 2 is 1.81 bits per heavy atom. The lowest BCUT2D eigenvalue weighted by atomic mass is 10.1. The van der Waals surface area contributed by atoms with E-state index in [9.17, 15) is 14.4 Å². The quantitative estimate of drug-likeness (QED) is 0.611. The fourth-order valence-electron chi connectivity index (χ4n) is 2.90. The summed E-state index contributed by atoms with van der Waals surface area (Å²) in [6, 6.07) is 2.71. The number of carbonyl (C=O) groups is 3. The van der Waals surface area contributed by atoms with Crippen molar-refractivity contribution in [3.05, 3.63) is 17.7 Å². The number of aliphatic carboxylic acids is 1. The predicted molar refractivity (Wildman–Crippen MR) is 90.5 cm³/mol. The number of ether oxygens (including phenoxy) is 3. The molecule has 9 heteroatoms. The Morgan fingerprint density at radius 3 is 2.27 bits per heavy atom. The van der Waals surface area contributed by atoms with Crippen LogP contribution in [0.5, 0.6) is 17.2 Å². The number of carboxylic acids is 1. The lowest BCUT2D eigenvalue weighted by Gasteiger charge is -2.17. The molecule has 9 nitrogen and oxygen atoms in total. The van der Waals surface area contributed by atoms with E-state index in [2.05, 4.69) is 5.32 Å². The number of hydrogen-bond acceptors (Lipinski definition) is 6. The van der Waals surface area contributed by atoms with Crippen molar-refractivity contribution in [2.45, 2.75) is 25.3 Å². The van der Waals surface area contributed by atoms with Crippen LogP contribution in [-0.4, -0.2) is 49.8 Å². The van der Waals surface area contributed by atoms with Crippen LogP contribution in [0.4, 0.5) is 0 Å². The number of nitrogens with two attached hydrogens (primary N) is 1. The molecule has 1 aromatic rings. The maximum Gasteiger partial charge on any atom is 0.306 e. The molecule has 142 valence electrons. The lowest BCUT2D eigenvalue weighted by molar-refractivity contribution is -0.141. The van der Waals surface area contributed by atoms with Gasteiger partial charge in [0.1, 0.15) is 0 Å². The van der Waals surface area contributed by atoms with Gasteiger partial charge in [-0.15, -0.1) is 0 Å². The van der Waals surface area contributed by atoms with E-state index in [0.717, 1.165) is 0 Å². The Labute approximate surface area is 150 Å². The molecule has 2 amide bonds. The third-order valence-corrected chi connectivity index (χ3v) is 4.20. The van der Waals surface area contributed by atoms with E-state index in [0.29, 0.717) is 19.3 Å². The minimum Gasteiger partial charge on any atom is -0.493 e. The highest BCUT2D eigenvalue weighted by molar-refractivity contribution is 5.96. The average Bonchev–Trinajstić information content (AvgIpc) is 3.07. The van der Waals surface area contributed by atoms with Gasteiger partial charge < -0.3 is 30.4 Å². The molecule has 1 aliphatic carbocycles. The second-order valence-electron chi connectivity index (χ2n) is 5.98. The van der Waals surface area contributed by atoms with Gasteiger partial charge in [-0.3, -0.25) is 14.4 Å². The van der Waals surface area contributed by atoms with E-state index >= 15 is 0 Å². The molecule has 26 heavy (non-hydrogen) atoms. The topological polar surface area (TPSA) is 137 Å². The Balaban J connectivity index is 2.17. The average molecular weight is 366 g/mol. The van der Waals surface area contributed by atoms with Crippen molar-refractivity contribution >= 4 is 17.8 Å². The van der Waals surface area contributed by atoms with Crippen molar-refractivity contribution in [1.82, 2.24) is 5.32 Å². The van der Waals surface area contributed by atoms with Gasteiger partial charge in [0.2, 0.25) is 5.75 Å². The number of rotatable bonds is 8. The standard InChI is InChI=1S/C17H22N2O7/c1-24-12-6-10(7-13(25-2)15(12)26-8-14(18)20)16(21)19-11-4-3-9(5-11)17(22)23/h6-7,9,11H,3-5,8H2,1-2H3,(H2,18,20)(H,19,21)(H,22,23)/t9-,11+/m1/s1. The predicted octanol–water partition coefficient (Wildman–Crippen LogP) is 0.551. The summed E-state index contributed by atoms with van der Waals surface area (Å²) >= 11 is 0. The Hall–Kier alpha value is -2.97. The SMILES string of the molecule is COc1cc(C(=O)N[C@H]2CC[C@@H](C(=O)O)C2)cc(OC)c1OCC(N)=O. The van der Waals surface area contributed by atoms with Gasteiger partial charge in [-0.05, 0) is 31.4 Å². The first-order chi connectivity index (χ1) is 12.3. The smallest absolute Gasteiger partial charge is 0.306 e. The maximum atomic E-state index is 12.5. The van der Waals surface area contributed by atoms with Crippen molar-refractivity contribution in [3.8, 4) is 17.2 Å². The van der Waals surface area contributed by atoms with E-state index in [4.69, 9.17) is 25.1 Å². The molecule has 1 fully saturated rings. The number of primary amides is 1. The highest BCUT2D eigenvalue weighted by atomic mass is 16.5. The molecule has 0 heterocycles. The molecule has 0 aromatic heterocycles. The van der Waals surface area contributed by atoms with Crippen LogP contribution in [0.15, 0.2) is 12.1 Å². The molecule has 0 aliphatic heterocycles. The van der Waals surface area contributed by atoms with Crippen LogP contribution in [0.2, 0.25) is 0 Å². The molecular weight excluding hydrogens is 344 g/mol. The number of carbonyl (C=O) groups excluding carboxylic acids is 2. The third-order valence-electron chi connectivity index (χ3n) is 4.20. The summed E-state index contributed by atoms with van der Waals surface area (Å²) in [5.74, 6) is -1.73. The second kappa shape index (κ2) is 8.41. The number of nitrogens with one attached hydrogen (secondary N) is 1. The number of carboxylic acid groups (broad SMARTS) is 1. The van der Waals surface area contributed by atoms with Crippen LogP contribution in [0.1, 0.15) is 29.6 Å². The minimum atomic E-state index is -0.846. The first-order valence-electron chi connectivity index (χ1n) is 8.06. The van der Waals surface area contributed by atoms with Crippen LogP contribution in [0, 0.1) is 5.92 Å². The highest BCUT2D eigenvalue weighted by Crippen LogP contribution is 2.38. The van der Waals surface area contributed by atoms with E-state index < -0.39 is 17.8 Å². The van der Waals surface area contributed by atoms with Gasteiger partial charge in [0.25, 0.3) is 11.8 Å². The molecular formula is C17H22N2O7. The molecule has 0 radical (unpaired) electrons. The number of hydrogen-bond donors (Lipinski definition) is 3. The number of amides is 2. The van der Waals surface area contributed by atoms with E-state index in [1.54, 1.807) is 0 Å². The summed E-state index contributed by atoms with van der Waals surface area (Å²) in [6.07, 6.45) is 1.54. The Morgan fingerprint density at radius 1 is 1.19 bits per heavy atom. The molecule has 0 unspecified atom stereocenters. The molecule has 0 bridgehead atoms. The summed E-state index contributed by atoms with van der Waals surface area (Å²) < 4.78 is 15.7. The van der Waals surface area contributed by atoms with Crippen LogP contribution in [-0.2, 0) is 9.59 Å². The maximum absolute atomic E-state index is 12.5. The first-order valence-corrected chi connectivity index (χ1v) is 8.06. The first kappa shape index (κ1) is 19.4. The molecule has 0 spiro atoms. The highest BCUT2D eigenvalue weighted by Gasteiger charge is 2.31. The lowest BCUT2D eigenvalue weighted by Crippen LogP contribution is -2.33. The van der Waals surface area contributed by atoms with E-state index in [-0.39, 0.29) is 41.4 Å². The van der Waals surface area contributed by atoms with E-state index in [1.165, 1.54) is 26.4 Å². The van der Waals surface area contributed by atoms with Gasteiger partial charge in [-0.25, -0.2) is 0 Å². The Bertz CT molecular complexity index is 679. The van der Waals surface area contributed by atoms with E-state index in [1.807, 2.05) is 0 Å². The van der Waals surface area contributed by atoms with Crippen molar-refractivity contribution in [3.63, 3.8) is 0 Å². The number of methoxy groups -OCH3 is 2. The van der Waals surface area contributed by atoms with Crippen LogP contribution in [0.25, 0.3) is 0 Å². The van der Waals surface area contributed by atoms with Gasteiger partial charge in [0.15, 0.2) is 18.1 Å². The monoisotopic (exact) mass is 366 g/mol. The fraction of sp³-hybridized carbons (Fsp3) is 0.471. The van der Waals surface area contributed by atoms with Gasteiger partial charge in [0, 0.05) is 11.6 Å². The molecule has 4 N–H and O–H groups in total. The molecule has 2 rings (SSSR count). The zero-order valence-corrected chi connectivity index (χ0v) is 14.6. The Kier molecular flexibility index (Phi) is 6.26. The molecule has 1 saturated carbocycles. The van der Waals surface area contributed by atoms with Crippen molar-refractivity contribution in [1.29, 1.82) is 0 Å². The molecule has 0 saturated heterocycles.